The van der Waals surface area contributed by atoms with Gasteiger partial charge in [0.25, 0.3) is 0 Å². The molecule has 720 valence electrons. The molecule has 0 N–H and O–H groups in total. The number of hydrogen-bond donors (Lipinski definition) is 0. The minimum absolute atomic E-state index is 0.105. The van der Waals surface area contributed by atoms with Crippen molar-refractivity contribution in [3.63, 3.8) is 0 Å². The zero-order valence-corrected chi connectivity index (χ0v) is 87.6. The lowest BCUT2D eigenvalue weighted by atomic mass is 9.92. The Balaban J connectivity index is 2.00. The zero-order chi connectivity index (χ0) is 88.5. The molecule has 4 unspecified atom stereocenters. The van der Waals surface area contributed by atoms with Crippen LogP contribution < -0.4 is 0 Å². The third-order valence-corrected chi connectivity index (χ3v) is 46.1. The van der Waals surface area contributed by atoms with Crippen LogP contribution in [0.1, 0.15) is 190 Å². The van der Waals surface area contributed by atoms with Gasteiger partial charge in [-0.2, -0.15) is 0 Å². The van der Waals surface area contributed by atoms with E-state index in [0.717, 1.165) is 104 Å². The monoisotopic (exact) mass is 1880 g/mol. The Labute approximate surface area is 742 Å². The van der Waals surface area contributed by atoms with Crippen molar-refractivity contribution in [2.75, 3.05) is 264 Å². The molecule has 40 heteroatoms. The Hall–Kier alpha value is 0.455. The predicted octanol–water partition coefficient (Wildman–Crippen LogP) is 12.2. The lowest BCUT2D eigenvalue weighted by Gasteiger charge is -2.41. The molecular formula is C81H176N4O28Si8. The van der Waals surface area contributed by atoms with E-state index in [1.54, 1.807) is 0 Å². The van der Waals surface area contributed by atoms with E-state index in [9.17, 15) is 0 Å². The highest BCUT2D eigenvalue weighted by atomic mass is 28.4. The maximum absolute atomic E-state index is 7.40. The molecule has 0 aromatic heterocycles. The fourth-order valence-electron chi connectivity index (χ4n) is 16.9. The molecule has 0 aromatic carbocycles. The van der Waals surface area contributed by atoms with Gasteiger partial charge in [-0.3, -0.25) is 0 Å². The van der Waals surface area contributed by atoms with Crippen LogP contribution >= 0.6 is 0 Å². The van der Waals surface area contributed by atoms with E-state index in [1.165, 1.54) is 0 Å². The summed E-state index contributed by atoms with van der Waals surface area (Å²) < 4.78 is 189. The Morgan fingerprint density at radius 3 is 0.562 bits per heavy atom. The predicted molar refractivity (Wildman–Crippen MR) is 485 cm³/mol. The molecule has 32 nitrogen and oxygen atoms in total. The molecule has 4 saturated heterocycles. The van der Waals surface area contributed by atoms with Crippen molar-refractivity contribution < 1.29 is 125 Å². The number of rotatable bonds is 72. The van der Waals surface area contributed by atoms with E-state index in [1.807, 2.05) is 138 Å². The molecule has 0 bridgehead atoms. The van der Waals surface area contributed by atoms with Crippen molar-refractivity contribution in [1.82, 2.24) is 19.6 Å². The molecule has 4 fully saturated rings. The number of hydrogen-bond acceptors (Lipinski definition) is 32. The van der Waals surface area contributed by atoms with Crippen LogP contribution in [0.4, 0.5) is 0 Å². The van der Waals surface area contributed by atoms with Gasteiger partial charge in [0.1, 0.15) is 0 Å². The van der Waals surface area contributed by atoms with Crippen LogP contribution in [0.3, 0.4) is 0 Å². The molecule has 4 heterocycles. The molecule has 0 aromatic rings. The van der Waals surface area contributed by atoms with Crippen LogP contribution in [0.25, 0.3) is 0 Å². The topological polar surface area (TPSA) is 271 Å². The lowest BCUT2D eigenvalue weighted by Crippen LogP contribution is -2.55. The van der Waals surface area contributed by atoms with Crippen molar-refractivity contribution in [3.8, 4) is 0 Å². The van der Waals surface area contributed by atoms with E-state index >= 15 is 0 Å². The van der Waals surface area contributed by atoms with Crippen LogP contribution in [0.15, 0.2) is 0 Å². The van der Waals surface area contributed by atoms with Gasteiger partial charge in [-0.1, -0.05) is 0 Å². The summed E-state index contributed by atoms with van der Waals surface area (Å²) in [5, 5.41) is 0. The quantitative estimate of drug-likeness (QED) is 0.0512. The summed E-state index contributed by atoms with van der Waals surface area (Å²) in [4.78, 5) is 9.89. The Kier molecular flexibility index (Phi) is 61.2. The maximum atomic E-state index is 7.40. The van der Waals surface area contributed by atoms with Gasteiger partial charge in [-0.15, -0.1) is 0 Å². The second kappa shape index (κ2) is 65.1. The summed E-state index contributed by atoms with van der Waals surface area (Å²) in [6.45, 7) is 59.3. The maximum Gasteiger partial charge on any atom is 0.501 e. The van der Waals surface area contributed by atoms with Crippen molar-refractivity contribution in [1.29, 1.82) is 0 Å². The van der Waals surface area contributed by atoms with Crippen LogP contribution in [0.2, 0.25) is 48.4 Å². The molecule has 4 rings (SSSR count). The average Bonchev–Trinajstić information content (AvgIpc) is 0.839. The van der Waals surface area contributed by atoms with E-state index in [2.05, 4.69) is 19.6 Å². The van der Waals surface area contributed by atoms with Crippen molar-refractivity contribution in [2.24, 2.45) is 5.41 Å². The van der Waals surface area contributed by atoms with E-state index in [4.69, 9.17) is 125 Å². The minimum atomic E-state index is -3.26. The third-order valence-electron chi connectivity index (χ3n) is 21.0. The van der Waals surface area contributed by atoms with Gasteiger partial charge in [-0.05, 0) is 242 Å². The standard InChI is InChI=1S/C81H176N4O28Si8/c1-21-90-114(91-22-2,92-23-3)57-41-49-82-53-45-61-118(102-33-13,103-34-14)110-77(65-82)69-86-73-81(74-87-70-78-66-83(54-46-62-119(111-78,104-35-15)105-36-16)50-42-58-115(93-24-4,94-25-5)95-26-6,75-88-71-79-67-84(55-47-63-120(112-79,106-37-17)107-38-18)51-43-59-116(96-27-7,97-28-8)98-29-9)76-89-72-80-68-85(56-48-64-121(113-80,108-39-19)109-40-20)52-44-60-117(99-30-10,100-31-11)101-32-12/h77-80H,21-76H2,1-20H3. The van der Waals surface area contributed by atoms with Crippen molar-refractivity contribution in [2.45, 2.75) is 263 Å². The lowest BCUT2D eigenvalue weighted by molar-refractivity contribution is -0.139. The van der Waals surface area contributed by atoms with Gasteiger partial charge in [0.15, 0.2) is 0 Å². The molecule has 121 heavy (non-hydrogen) atoms. The first-order valence-corrected chi connectivity index (χ1v) is 62.8. The second-order valence-corrected chi connectivity index (χ2v) is 52.3. The summed E-state index contributed by atoms with van der Waals surface area (Å²) in [5.41, 5.74) is -1.05. The molecule has 0 aliphatic carbocycles. The Morgan fingerprint density at radius 2 is 0.413 bits per heavy atom. The van der Waals surface area contributed by atoms with Gasteiger partial charge in [-0.25, -0.2) is 0 Å². The van der Waals surface area contributed by atoms with Gasteiger partial charge >= 0.3 is 70.4 Å². The fourth-order valence-corrected chi connectivity index (χ4v) is 38.3. The van der Waals surface area contributed by atoms with Crippen LogP contribution in [-0.4, -0.2) is 378 Å². The smallest absolute Gasteiger partial charge is 0.378 e. The summed E-state index contributed by atoms with van der Waals surface area (Å²) in [7, 11) is -24.8. The normalized spacial score (nSPS) is 21.7. The summed E-state index contributed by atoms with van der Waals surface area (Å²) >= 11 is 0. The minimum Gasteiger partial charge on any atom is -0.378 e. The summed E-state index contributed by atoms with van der Waals surface area (Å²) in [6, 6.07) is 5.29. The Bertz CT molecular complexity index is 2100. The van der Waals surface area contributed by atoms with Crippen LogP contribution in [0.5, 0.6) is 0 Å². The first kappa shape index (κ1) is 114. The highest BCUT2D eigenvalue weighted by molar-refractivity contribution is 6.63. The molecule has 0 radical (unpaired) electrons. The molecule has 4 aliphatic rings. The molecule has 0 spiro atoms. The SMILES string of the molecule is CCO[Si](CCCN1CCC[Si](OCC)(OCC)OC(COCC(COCC2CN(CCC[Si](OCC)(OCC)OCC)CCC[Si](OCC)(OCC)O2)(COCC2CN(CCC[Si](OCC)(OCC)OCC)CCC[Si](OCC)(OCC)O2)COCC2CN(CCC[Si](OCC)(OCC)OCC)CCC[Si](OCC)(OCC)O2)C1)(OCC)OCC. The van der Waals surface area contributed by atoms with Gasteiger partial charge < -0.3 is 145 Å². The first-order chi connectivity index (χ1) is 58.7. The van der Waals surface area contributed by atoms with Crippen molar-refractivity contribution >= 4 is 70.4 Å². The molecule has 4 atom stereocenters. The van der Waals surface area contributed by atoms with E-state index in [-0.39, 0.29) is 52.9 Å². The van der Waals surface area contributed by atoms with E-state index in [0.29, 0.717) is 207 Å². The van der Waals surface area contributed by atoms with Gasteiger partial charge in [0.2, 0.25) is 0 Å². The van der Waals surface area contributed by atoms with Gasteiger partial charge in [0, 0.05) is 207 Å². The summed E-state index contributed by atoms with van der Waals surface area (Å²) in [5.74, 6) is 0. The Morgan fingerprint density at radius 1 is 0.248 bits per heavy atom. The molecule has 0 saturated carbocycles. The van der Waals surface area contributed by atoms with Crippen molar-refractivity contribution in [3.05, 3.63) is 0 Å². The highest BCUT2D eigenvalue weighted by Gasteiger charge is 2.51. The second-order valence-electron chi connectivity index (χ2n) is 30.7. The molecule has 0 amide bonds. The largest absolute Gasteiger partial charge is 0.501 e. The van der Waals surface area contributed by atoms with Crippen LogP contribution in [-0.2, 0) is 125 Å². The summed E-state index contributed by atoms with van der Waals surface area (Å²) in [6.07, 6.45) is 4.60. The fraction of sp³-hybridized carbons (Fsp3) is 1.00. The average molecular weight is 1880 g/mol. The van der Waals surface area contributed by atoms with E-state index < -0.39 is 100 Å². The number of ether oxygens (including phenoxy) is 4. The van der Waals surface area contributed by atoms with Gasteiger partial charge in [0.05, 0.1) is 82.7 Å². The highest BCUT2D eigenvalue weighted by Crippen LogP contribution is 2.34. The first-order valence-electron chi connectivity index (χ1n) is 47.4. The number of nitrogens with zero attached hydrogens (tertiary/aromatic N) is 4. The molecule has 4 aliphatic heterocycles. The van der Waals surface area contributed by atoms with Crippen LogP contribution in [0, 0.1) is 5.41 Å². The third kappa shape index (κ3) is 42.1. The molecular weight excluding hydrogens is 1700 g/mol. The zero-order valence-electron chi connectivity index (χ0n) is 79.6.